The molecule has 1 aliphatic rings. The summed E-state index contributed by atoms with van der Waals surface area (Å²) < 4.78 is 0. The molecule has 22 heavy (non-hydrogen) atoms. The Balaban J connectivity index is 1.87. The molecule has 1 atom stereocenters. The molecule has 0 unspecified atom stereocenters. The van der Waals surface area contributed by atoms with E-state index in [1.807, 2.05) is 11.8 Å². The van der Waals surface area contributed by atoms with Crippen LogP contribution in [0, 0.1) is 5.92 Å². The van der Waals surface area contributed by atoms with Crippen LogP contribution in [0.4, 0.5) is 0 Å². The molecule has 0 radical (unpaired) electrons. The Hall–Kier alpha value is -1.55. The molecule has 4 nitrogen and oxygen atoms in total. The van der Waals surface area contributed by atoms with E-state index in [-0.39, 0.29) is 23.8 Å². The van der Waals surface area contributed by atoms with E-state index in [1.165, 1.54) is 0 Å². The molecule has 0 aliphatic carbocycles. The number of nitrogens with one attached hydrogen (secondary N) is 1. The van der Waals surface area contributed by atoms with Gasteiger partial charge in [-0.3, -0.25) is 9.59 Å². The number of piperidine rings is 1. The lowest BCUT2D eigenvalue weighted by Gasteiger charge is -2.32. The molecule has 0 spiro atoms. The number of amides is 2. The number of carbonyl (C=O) groups excluding carboxylic acids is 2. The van der Waals surface area contributed by atoms with Crippen molar-refractivity contribution in [3.63, 3.8) is 0 Å². The van der Waals surface area contributed by atoms with Crippen LogP contribution in [-0.4, -0.2) is 35.8 Å². The molecule has 0 aromatic heterocycles. The first kappa shape index (κ1) is 16.8. The Morgan fingerprint density at radius 1 is 1.27 bits per heavy atom. The van der Waals surface area contributed by atoms with E-state index < -0.39 is 0 Å². The minimum absolute atomic E-state index is 0.0115. The highest BCUT2D eigenvalue weighted by Crippen LogP contribution is 2.20. The number of hydrogen-bond donors (Lipinski definition) is 1. The Morgan fingerprint density at radius 3 is 2.41 bits per heavy atom. The predicted octanol–water partition coefficient (Wildman–Crippen LogP) is 3.11. The first-order valence-electron chi connectivity index (χ1n) is 7.86. The number of nitrogens with zero attached hydrogens (tertiary/aromatic N) is 1. The zero-order valence-corrected chi connectivity index (χ0v) is 13.9. The first-order chi connectivity index (χ1) is 10.5. The number of hydrogen-bond acceptors (Lipinski definition) is 2. The summed E-state index contributed by atoms with van der Waals surface area (Å²) in [6.45, 7) is 5.32. The van der Waals surface area contributed by atoms with Gasteiger partial charge in [0.25, 0.3) is 5.91 Å². The topological polar surface area (TPSA) is 49.4 Å². The van der Waals surface area contributed by atoms with Crippen LogP contribution in [0.1, 0.15) is 43.5 Å². The molecular weight excluding hydrogens is 300 g/mol. The second kappa shape index (κ2) is 7.63. The molecular formula is C17H23ClN2O2. The van der Waals surface area contributed by atoms with Crippen molar-refractivity contribution in [3.05, 3.63) is 34.9 Å². The largest absolute Gasteiger partial charge is 0.353 e. The lowest BCUT2D eigenvalue weighted by molar-refractivity contribution is -0.126. The van der Waals surface area contributed by atoms with Gasteiger partial charge in [-0.2, -0.15) is 0 Å². The van der Waals surface area contributed by atoms with Crippen molar-refractivity contribution >= 4 is 23.4 Å². The summed E-state index contributed by atoms with van der Waals surface area (Å²) in [5.41, 5.74) is 0.645. The third kappa shape index (κ3) is 4.23. The van der Waals surface area contributed by atoms with Crippen LogP contribution >= 0.6 is 11.6 Å². The van der Waals surface area contributed by atoms with E-state index in [9.17, 15) is 9.59 Å². The van der Waals surface area contributed by atoms with Gasteiger partial charge < -0.3 is 10.2 Å². The molecule has 1 aromatic carbocycles. The Labute approximate surface area is 136 Å². The van der Waals surface area contributed by atoms with E-state index in [0.29, 0.717) is 23.7 Å². The fraction of sp³-hybridized carbons (Fsp3) is 0.529. The van der Waals surface area contributed by atoms with Gasteiger partial charge in [0.15, 0.2) is 0 Å². The summed E-state index contributed by atoms with van der Waals surface area (Å²) in [6.07, 6.45) is 2.38. The summed E-state index contributed by atoms with van der Waals surface area (Å²) in [4.78, 5) is 26.3. The fourth-order valence-corrected chi connectivity index (χ4v) is 2.71. The highest BCUT2D eigenvalue weighted by molar-refractivity contribution is 6.30. The maximum Gasteiger partial charge on any atom is 0.253 e. The zero-order valence-electron chi connectivity index (χ0n) is 13.1. The van der Waals surface area contributed by atoms with Crippen molar-refractivity contribution < 1.29 is 9.59 Å². The quantitative estimate of drug-likeness (QED) is 0.926. The highest BCUT2D eigenvalue weighted by atomic mass is 35.5. The highest BCUT2D eigenvalue weighted by Gasteiger charge is 2.28. The maximum absolute atomic E-state index is 12.4. The normalized spacial score (nSPS) is 17.1. The van der Waals surface area contributed by atoms with Crippen molar-refractivity contribution in [3.8, 4) is 0 Å². The van der Waals surface area contributed by atoms with Crippen molar-refractivity contribution in [1.82, 2.24) is 10.2 Å². The molecule has 1 fully saturated rings. The van der Waals surface area contributed by atoms with Crippen LogP contribution in [0.2, 0.25) is 5.02 Å². The Bertz CT molecular complexity index is 522. The summed E-state index contributed by atoms with van der Waals surface area (Å²) in [5.74, 6) is 0.147. The Morgan fingerprint density at radius 2 is 1.86 bits per heavy atom. The molecule has 1 N–H and O–H groups in total. The van der Waals surface area contributed by atoms with Crippen LogP contribution in [0.25, 0.3) is 0 Å². The van der Waals surface area contributed by atoms with Crippen molar-refractivity contribution in [2.75, 3.05) is 13.1 Å². The van der Waals surface area contributed by atoms with Crippen molar-refractivity contribution in [2.45, 2.75) is 39.2 Å². The van der Waals surface area contributed by atoms with E-state index in [0.717, 1.165) is 19.3 Å². The average molecular weight is 323 g/mol. The SMILES string of the molecule is CC[C@H](C)NC(=O)C1CCN(C(=O)c2ccc(Cl)cc2)CC1. The molecule has 1 aliphatic heterocycles. The van der Waals surface area contributed by atoms with Gasteiger partial charge in [0.2, 0.25) is 5.91 Å². The molecule has 0 saturated carbocycles. The smallest absolute Gasteiger partial charge is 0.253 e. The van der Waals surface area contributed by atoms with Gasteiger partial charge >= 0.3 is 0 Å². The lowest BCUT2D eigenvalue weighted by atomic mass is 9.95. The van der Waals surface area contributed by atoms with Gasteiger partial charge in [-0.1, -0.05) is 18.5 Å². The summed E-state index contributed by atoms with van der Waals surface area (Å²) in [6, 6.07) is 7.14. The molecule has 0 bridgehead atoms. The van der Waals surface area contributed by atoms with Gasteiger partial charge in [-0.25, -0.2) is 0 Å². The van der Waals surface area contributed by atoms with Gasteiger partial charge in [0, 0.05) is 35.6 Å². The van der Waals surface area contributed by atoms with E-state index >= 15 is 0 Å². The summed E-state index contributed by atoms with van der Waals surface area (Å²) in [5, 5.41) is 3.65. The van der Waals surface area contributed by atoms with E-state index in [4.69, 9.17) is 11.6 Å². The van der Waals surface area contributed by atoms with Crippen LogP contribution in [0.15, 0.2) is 24.3 Å². The Kier molecular flexibility index (Phi) is 5.83. The molecule has 2 rings (SSSR count). The first-order valence-corrected chi connectivity index (χ1v) is 8.24. The van der Waals surface area contributed by atoms with E-state index in [2.05, 4.69) is 12.2 Å². The molecule has 1 aromatic rings. The molecule has 1 heterocycles. The minimum Gasteiger partial charge on any atom is -0.353 e. The number of carbonyl (C=O) groups is 2. The molecule has 5 heteroatoms. The monoisotopic (exact) mass is 322 g/mol. The zero-order chi connectivity index (χ0) is 16.1. The average Bonchev–Trinajstić information content (AvgIpc) is 2.55. The third-order valence-electron chi connectivity index (χ3n) is 4.25. The van der Waals surface area contributed by atoms with Crippen molar-refractivity contribution in [2.24, 2.45) is 5.92 Å². The number of rotatable bonds is 4. The minimum atomic E-state index is 0.0115. The number of halogens is 1. The number of likely N-dealkylation sites (tertiary alicyclic amines) is 1. The predicted molar refractivity (Wildman–Crippen MR) is 88.0 cm³/mol. The van der Waals surface area contributed by atoms with Crippen LogP contribution in [0.5, 0.6) is 0 Å². The summed E-state index contributed by atoms with van der Waals surface area (Å²) >= 11 is 5.84. The maximum atomic E-state index is 12.4. The lowest BCUT2D eigenvalue weighted by Crippen LogP contribution is -2.44. The van der Waals surface area contributed by atoms with Gasteiger partial charge in [-0.15, -0.1) is 0 Å². The third-order valence-corrected chi connectivity index (χ3v) is 4.50. The van der Waals surface area contributed by atoms with E-state index in [1.54, 1.807) is 24.3 Å². The number of benzene rings is 1. The van der Waals surface area contributed by atoms with Crippen LogP contribution in [0.3, 0.4) is 0 Å². The molecule has 1 saturated heterocycles. The standard InChI is InChI=1S/C17H23ClN2O2/c1-3-12(2)19-16(21)13-8-10-20(11-9-13)17(22)14-4-6-15(18)7-5-14/h4-7,12-13H,3,8-11H2,1-2H3,(H,19,21)/t12-/m0/s1. The second-order valence-corrected chi connectivity index (χ2v) is 6.33. The van der Waals surface area contributed by atoms with Gasteiger partial charge in [0.05, 0.1) is 0 Å². The van der Waals surface area contributed by atoms with Crippen LogP contribution in [-0.2, 0) is 4.79 Å². The summed E-state index contributed by atoms with van der Waals surface area (Å²) in [7, 11) is 0. The van der Waals surface area contributed by atoms with Gasteiger partial charge in [0.1, 0.15) is 0 Å². The van der Waals surface area contributed by atoms with Crippen LogP contribution < -0.4 is 5.32 Å². The van der Waals surface area contributed by atoms with Crippen molar-refractivity contribution in [1.29, 1.82) is 0 Å². The molecule has 2 amide bonds. The fourth-order valence-electron chi connectivity index (χ4n) is 2.58. The molecule has 120 valence electrons. The van der Waals surface area contributed by atoms with Gasteiger partial charge in [-0.05, 0) is 50.5 Å². The second-order valence-electron chi connectivity index (χ2n) is 5.89.